The number of carboxylic acid groups (broad SMARTS) is 3. The maximum atomic E-state index is 10.1. The summed E-state index contributed by atoms with van der Waals surface area (Å²) in [5.74, 6) is -1.21. The summed E-state index contributed by atoms with van der Waals surface area (Å²) >= 11 is 1.60. The molecule has 0 saturated carbocycles. The Kier molecular flexibility index (Phi) is 20.3. The Morgan fingerprint density at radius 3 is 1.19 bits per heavy atom. The molecule has 0 radical (unpaired) electrons. The van der Waals surface area contributed by atoms with Gasteiger partial charge in [-0.1, -0.05) is 27.7 Å². The van der Waals surface area contributed by atoms with E-state index in [2.05, 4.69) is 0 Å². The van der Waals surface area contributed by atoms with Crippen molar-refractivity contribution in [3.63, 3.8) is 0 Å². The van der Waals surface area contributed by atoms with Crippen LogP contribution in [0.1, 0.15) is 47.0 Å². The number of hydrogen-bond acceptors (Lipinski definition) is 7. The fourth-order valence-electron chi connectivity index (χ4n) is 1.59. The number of carbonyl (C=O) groups is 3. The smallest absolute Gasteiger partial charge is 0.320 e. The second kappa shape index (κ2) is 18.0. The van der Waals surface area contributed by atoms with Crippen LogP contribution in [0.3, 0.4) is 0 Å². The van der Waals surface area contributed by atoms with Gasteiger partial charge in [0.2, 0.25) is 0 Å². The van der Waals surface area contributed by atoms with Crippen LogP contribution < -0.4 is 17.2 Å². The Morgan fingerprint density at radius 2 is 1.04 bits per heavy atom. The molecule has 27 heavy (non-hydrogen) atoms. The average molecular weight is 412 g/mol. The maximum absolute atomic E-state index is 10.1. The van der Waals surface area contributed by atoms with Crippen molar-refractivity contribution >= 4 is 29.7 Å². The van der Waals surface area contributed by atoms with Crippen LogP contribution in [0, 0.1) is 11.8 Å². The molecule has 0 aromatic heterocycles. The van der Waals surface area contributed by atoms with Crippen molar-refractivity contribution in [2.24, 2.45) is 29.0 Å². The monoisotopic (exact) mass is 411 g/mol. The van der Waals surface area contributed by atoms with E-state index in [1.807, 2.05) is 34.0 Å². The Balaban J connectivity index is -0.000000320. The van der Waals surface area contributed by atoms with Crippen molar-refractivity contribution in [2.45, 2.75) is 65.1 Å². The Labute approximate surface area is 166 Å². The summed E-state index contributed by atoms with van der Waals surface area (Å²) in [6.45, 7) is 7.79. The second-order valence-electron chi connectivity index (χ2n) is 6.87. The highest BCUT2D eigenvalue weighted by Gasteiger charge is 2.12. The largest absolute Gasteiger partial charge is 0.480 e. The molecular formula is C17H37N3O6S. The summed E-state index contributed by atoms with van der Waals surface area (Å²) in [6, 6.07) is -2.06. The van der Waals surface area contributed by atoms with Crippen LogP contribution >= 0.6 is 11.8 Å². The van der Waals surface area contributed by atoms with E-state index in [9.17, 15) is 14.4 Å². The zero-order valence-corrected chi connectivity index (χ0v) is 17.7. The van der Waals surface area contributed by atoms with Crippen LogP contribution in [0.15, 0.2) is 0 Å². The van der Waals surface area contributed by atoms with Crippen molar-refractivity contribution in [1.82, 2.24) is 0 Å². The molecule has 0 saturated heterocycles. The van der Waals surface area contributed by atoms with Gasteiger partial charge in [0, 0.05) is 0 Å². The van der Waals surface area contributed by atoms with Crippen molar-refractivity contribution in [1.29, 1.82) is 0 Å². The Bertz CT molecular complexity index is 395. The van der Waals surface area contributed by atoms with Gasteiger partial charge in [-0.3, -0.25) is 14.4 Å². The van der Waals surface area contributed by atoms with Gasteiger partial charge in [-0.15, -0.1) is 0 Å². The Morgan fingerprint density at radius 1 is 0.741 bits per heavy atom. The first-order chi connectivity index (χ1) is 12.3. The van der Waals surface area contributed by atoms with Gasteiger partial charge in [0.05, 0.1) is 0 Å². The molecule has 0 aliphatic carbocycles. The van der Waals surface area contributed by atoms with E-state index >= 15 is 0 Å². The van der Waals surface area contributed by atoms with Crippen LogP contribution in [-0.2, 0) is 14.4 Å². The van der Waals surface area contributed by atoms with Gasteiger partial charge in [0.25, 0.3) is 0 Å². The summed E-state index contributed by atoms with van der Waals surface area (Å²) in [5.41, 5.74) is 15.6. The molecule has 10 heteroatoms. The number of aliphatic carboxylic acids is 3. The van der Waals surface area contributed by atoms with Crippen LogP contribution in [0.4, 0.5) is 0 Å². The Hall–Kier alpha value is -1.36. The molecule has 0 fully saturated rings. The predicted molar refractivity (Wildman–Crippen MR) is 109 cm³/mol. The minimum atomic E-state index is -0.913. The number of carboxylic acids is 3. The lowest BCUT2D eigenvalue weighted by Gasteiger charge is -2.07. The molecule has 0 bridgehead atoms. The van der Waals surface area contributed by atoms with E-state index in [0.29, 0.717) is 31.1 Å². The first-order valence-electron chi connectivity index (χ1n) is 8.70. The summed E-state index contributed by atoms with van der Waals surface area (Å²) in [6.07, 6.45) is 3.58. The fourth-order valence-corrected chi connectivity index (χ4v) is 2.08. The molecule has 0 aliphatic rings. The van der Waals surface area contributed by atoms with E-state index in [4.69, 9.17) is 32.5 Å². The molecule has 0 aliphatic heterocycles. The first-order valence-corrected chi connectivity index (χ1v) is 10.1. The van der Waals surface area contributed by atoms with E-state index in [-0.39, 0.29) is 0 Å². The maximum Gasteiger partial charge on any atom is 0.320 e. The van der Waals surface area contributed by atoms with Gasteiger partial charge in [0.1, 0.15) is 18.1 Å². The summed E-state index contributed by atoms with van der Waals surface area (Å²) in [7, 11) is 0. The molecule has 0 rings (SSSR count). The van der Waals surface area contributed by atoms with E-state index in [1.54, 1.807) is 11.8 Å². The lowest BCUT2D eigenvalue weighted by Crippen LogP contribution is -2.31. The third-order valence-electron chi connectivity index (χ3n) is 3.04. The second-order valence-corrected chi connectivity index (χ2v) is 7.86. The lowest BCUT2D eigenvalue weighted by atomic mass is 10.1. The summed E-state index contributed by atoms with van der Waals surface area (Å²) < 4.78 is 0. The molecule has 0 unspecified atom stereocenters. The van der Waals surface area contributed by atoms with Crippen LogP contribution in [0.2, 0.25) is 0 Å². The van der Waals surface area contributed by atoms with Gasteiger partial charge >= 0.3 is 17.9 Å². The minimum Gasteiger partial charge on any atom is -0.480 e. The van der Waals surface area contributed by atoms with Gasteiger partial charge in [-0.05, 0) is 43.1 Å². The zero-order valence-electron chi connectivity index (χ0n) is 16.9. The third kappa shape index (κ3) is 24.6. The number of thioether (sulfide) groups is 1. The highest BCUT2D eigenvalue weighted by Crippen LogP contribution is 2.02. The van der Waals surface area contributed by atoms with Gasteiger partial charge in [-0.25, -0.2) is 0 Å². The lowest BCUT2D eigenvalue weighted by molar-refractivity contribution is -0.139. The predicted octanol–water partition coefficient (Wildman–Crippen LogP) is 1.04. The number of rotatable bonds is 10. The standard InChI is InChI=1S/2C6H13NO2.C5H11NO2S/c2*1-4(2)3-5(7)6(8)9;1-9-3-2-4(6)5(7)8/h2*4-5H,3,7H2,1-2H3,(H,8,9);4H,2-3,6H2,1H3,(H,7,8)/t2*5-;4-/m000/s1. The molecule has 0 aromatic carbocycles. The summed E-state index contributed by atoms with van der Waals surface area (Å²) in [5, 5.41) is 24.9. The highest BCUT2D eigenvalue weighted by molar-refractivity contribution is 7.98. The minimum absolute atomic E-state index is 0.357. The molecule has 9 N–H and O–H groups in total. The molecule has 9 nitrogen and oxygen atoms in total. The van der Waals surface area contributed by atoms with Crippen LogP contribution in [0.25, 0.3) is 0 Å². The summed E-state index contributed by atoms with van der Waals surface area (Å²) in [4.78, 5) is 30.3. The van der Waals surface area contributed by atoms with Gasteiger partial charge < -0.3 is 32.5 Å². The quantitative estimate of drug-likeness (QED) is 0.303. The molecule has 0 aromatic rings. The molecule has 3 atom stereocenters. The van der Waals surface area contributed by atoms with Gasteiger partial charge in [-0.2, -0.15) is 11.8 Å². The molecular weight excluding hydrogens is 374 g/mol. The number of nitrogens with two attached hydrogens (primary N) is 3. The van der Waals surface area contributed by atoms with E-state index in [0.717, 1.165) is 5.75 Å². The van der Waals surface area contributed by atoms with Crippen molar-refractivity contribution in [3.8, 4) is 0 Å². The average Bonchev–Trinajstić information content (AvgIpc) is 2.52. The van der Waals surface area contributed by atoms with Crippen LogP contribution in [-0.4, -0.2) is 63.4 Å². The van der Waals surface area contributed by atoms with Crippen molar-refractivity contribution in [3.05, 3.63) is 0 Å². The van der Waals surface area contributed by atoms with E-state index < -0.39 is 36.0 Å². The molecule has 0 amide bonds. The van der Waals surface area contributed by atoms with Gasteiger partial charge in [0.15, 0.2) is 0 Å². The number of hydrogen-bond donors (Lipinski definition) is 6. The topological polar surface area (TPSA) is 190 Å². The zero-order chi connectivity index (χ0) is 22.2. The molecule has 162 valence electrons. The van der Waals surface area contributed by atoms with Crippen LogP contribution in [0.5, 0.6) is 0 Å². The molecule has 0 spiro atoms. The normalized spacial score (nSPS) is 13.6. The first kappa shape index (κ1) is 30.4. The third-order valence-corrected chi connectivity index (χ3v) is 3.68. The SMILES string of the molecule is CC(C)C[C@H](N)C(=O)O.CC(C)C[C@H](N)C(=O)O.CSCC[C@H](N)C(=O)O. The molecule has 0 heterocycles. The van der Waals surface area contributed by atoms with E-state index in [1.165, 1.54) is 0 Å². The fraction of sp³-hybridized carbons (Fsp3) is 0.824. The van der Waals surface area contributed by atoms with Crippen molar-refractivity contribution < 1.29 is 29.7 Å². The van der Waals surface area contributed by atoms with Crippen molar-refractivity contribution in [2.75, 3.05) is 12.0 Å². The highest BCUT2D eigenvalue weighted by atomic mass is 32.2.